The number of hydrogen-bond donors (Lipinski definition) is 2. The van der Waals surface area contributed by atoms with E-state index in [-0.39, 0.29) is 23.2 Å². The Morgan fingerprint density at radius 2 is 2.12 bits per heavy atom. The van der Waals surface area contributed by atoms with E-state index in [4.69, 9.17) is 4.42 Å². The lowest BCUT2D eigenvalue weighted by Crippen LogP contribution is -2.42. The van der Waals surface area contributed by atoms with Crippen LogP contribution < -0.4 is 10.6 Å². The normalized spacial score (nSPS) is 19.2. The maximum absolute atomic E-state index is 12.3. The molecule has 0 unspecified atom stereocenters. The van der Waals surface area contributed by atoms with Crippen LogP contribution in [0.2, 0.25) is 0 Å². The molecule has 1 heterocycles. The number of hydrogen-bond acceptors (Lipinski definition) is 4. The molecule has 7 nitrogen and oxygen atoms in total. The molecule has 8 heteroatoms. The summed E-state index contributed by atoms with van der Waals surface area (Å²) in [5.74, 6) is 1.90. The molecule has 0 saturated carbocycles. The minimum Gasteiger partial charge on any atom is -0.466 e. The van der Waals surface area contributed by atoms with Gasteiger partial charge in [-0.15, -0.1) is 0 Å². The molecular formula is C18H31N3O4S. The lowest BCUT2D eigenvalue weighted by atomic mass is 9.75. The van der Waals surface area contributed by atoms with E-state index in [9.17, 15) is 13.2 Å². The fourth-order valence-corrected chi connectivity index (χ4v) is 4.23. The first-order valence-corrected chi connectivity index (χ1v) is 10.7. The molecule has 0 spiro atoms. The second-order valence-corrected chi connectivity index (χ2v) is 10.2. The quantitative estimate of drug-likeness (QED) is 0.706. The maximum atomic E-state index is 12.3. The number of amides is 2. The Morgan fingerprint density at radius 1 is 1.42 bits per heavy atom. The van der Waals surface area contributed by atoms with Gasteiger partial charge in [-0.2, -0.15) is 0 Å². The molecule has 2 amide bonds. The van der Waals surface area contributed by atoms with Crippen LogP contribution in [0.5, 0.6) is 0 Å². The number of rotatable bonds is 7. The van der Waals surface area contributed by atoms with Gasteiger partial charge in [0, 0.05) is 32.1 Å². The molecule has 0 saturated heterocycles. The number of aryl methyl sites for hydroxylation is 1. The monoisotopic (exact) mass is 385 g/mol. The minimum atomic E-state index is -3.17. The third-order valence-corrected chi connectivity index (χ3v) is 6.68. The van der Waals surface area contributed by atoms with Gasteiger partial charge in [0.25, 0.3) is 0 Å². The molecule has 1 aromatic heterocycles. The highest BCUT2D eigenvalue weighted by Gasteiger charge is 2.35. The molecule has 0 fully saturated rings. The van der Waals surface area contributed by atoms with Crippen LogP contribution in [-0.2, 0) is 16.4 Å². The molecule has 1 aliphatic rings. The second kappa shape index (κ2) is 8.00. The Labute approximate surface area is 156 Å². The van der Waals surface area contributed by atoms with Crippen molar-refractivity contribution in [3.8, 4) is 0 Å². The summed E-state index contributed by atoms with van der Waals surface area (Å²) in [6.45, 7) is 8.69. The number of fused-ring (bicyclic) bond motifs is 1. The Morgan fingerprint density at radius 3 is 2.77 bits per heavy atom. The fourth-order valence-electron chi connectivity index (χ4n) is 3.39. The van der Waals surface area contributed by atoms with Crippen molar-refractivity contribution in [2.45, 2.75) is 53.0 Å². The Balaban J connectivity index is 1.84. The summed E-state index contributed by atoms with van der Waals surface area (Å²) in [7, 11) is -1.61. The minimum absolute atomic E-state index is 0.0620. The molecular weight excluding hydrogens is 354 g/mol. The average Bonchev–Trinajstić information content (AvgIpc) is 2.90. The highest BCUT2D eigenvalue weighted by molar-refractivity contribution is 7.89. The second-order valence-electron chi connectivity index (χ2n) is 7.81. The topological polar surface area (TPSA) is 91.7 Å². The van der Waals surface area contributed by atoms with Crippen molar-refractivity contribution in [3.63, 3.8) is 0 Å². The van der Waals surface area contributed by atoms with Crippen LogP contribution in [-0.4, -0.2) is 44.6 Å². The van der Waals surface area contributed by atoms with E-state index in [0.29, 0.717) is 19.5 Å². The average molecular weight is 386 g/mol. The number of nitrogens with one attached hydrogen (secondary N) is 2. The van der Waals surface area contributed by atoms with Gasteiger partial charge in [0.15, 0.2) is 0 Å². The summed E-state index contributed by atoms with van der Waals surface area (Å²) in [5, 5.41) is 5.85. The first kappa shape index (κ1) is 20.8. The van der Waals surface area contributed by atoms with E-state index in [1.54, 1.807) is 14.0 Å². The Kier molecular flexibility index (Phi) is 6.39. The summed E-state index contributed by atoms with van der Waals surface area (Å²) in [4.78, 5) is 12.3. The molecule has 0 radical (unpaired) electrons. The van der Waals surface area contributed by atoms with Crippen LogP contribution in [0, 0.1) is 12.3 Å². The van der Waals surface area contributed by atoms with Gasteiger partial charge in [0.1, 0.15) is 11.5 Å². The smallest absolute Gasteiger partial charge is 0.315 e. The van der Waals surface area contributed by atoms with Gasteiger partial charge < -0.3 is 15.1 Å². The maximum Gasteiger partial charge on any atom is 0.315 e. The highest BCUT2D eigenvalue weighted by Crippen LogP contribution is 2.41. The van der Waals surface area contributed by atoms with Crippen molar-refractivity contribution in [1.29, 1.82) is 0 Å². The van der Waals surface area contributed by atoms with Gasteiger partial charge in [-0.05, 0) is 38.2 Å². The number of carbonyl (C=O) groups excluding carboxylic acids is 1. The molecule has 1 atom stereocenters. The Bertz CT molecular complexity index is 740. The number of nitrogens with zero attached hydrogens (tertiary/aromatic N) is 1. The first-order chi connectivity index (χ1) is 12.0. The van der Waals surface area contributed by atoms with Crippen LogP contribution in [0.25, 0.3) is 0 Å². The molecule has 26 heavy (non-hydrogen) atoms. The van der Waals surface area contributed by atoms with E-state index >= 15 is 0 Å². The van der Waals surface area contributed by atoms with Crippen molar-refractivity contribution < 1.29 is 17.6 Å². The fraction of sp³-hybridized carbons (Fsp3) is 0.722. The number of furan rings is 1. The highest BCUT2D eigenvalue weighted by atomic mass is 32.2. The van der Waals surface area contributed by atoms with Gasteiger partial charge >= 0.3 is 6.03 Å². The molecule has 0 aliphatic heterocycles. The van der Waals surface area contributed by atoms with Crippen LogP contribution in [0.15, 0.2) is 10.5 Å². The predicted molar refractivity (Wildman–Crippen MR) is 102 cm³/mol. The van der Waals surface area contributed by atoms with Crippen molar-refractivity contribution >= 4 is 16.1 Å². The van der Waals surface area contributed by atoms with Crippen LogP contribution >= 0.6 is 0 Å². The van der Waals surface area contributed by atoms with Crippen LogP contribution in [0.1, 0.15) is 56.7 Å². The van der Waals surface area contributed by atoms with E-state index in [1.165, 1.54) is 4.31 Å². The summed E-state index contributed by atoms with van der Waals surface area (Å²) < 4.78 is 30.5. The van der Waals surface area contributed by atoms with Crippen LogP contribution in [0.3, 0.4) is 0 Å². The lowest BCUT2D eigenvalue weighted by molar-refractivity contribution is 0.214. The molecule has 0 aromatic carbocycles. The van der Waals surface area contributed by atoms with E-state index in [0.717, 1.165) is 29.9 Å². The van der Waals surface area contributed by atoms with Crippen molar-refractivity contribution in [3.05, 3.63) is 23.2 Å². The molecule has 0 bridgehead atoms. The largest absolute Gasteiger partial charge is 0.466 e. The zero-order valence-corrected chi connectivity index (χ0v) is 17.2. The van der Waals surface area contributed by atoms with E-state index in [2.05, 4.69) is 24.5 Å². The predicted octanol–water partition coefficient (Wildman–Crippen LogP) is 2.57. The zero-order valence-electron chi connectivity index (χ0n) is 16.4. The van der Waals surface area contributed by atoms with Crippen molar-refractivity contribution in [2.24, 2.45) is 5.41 Å². The van der Waals surface area contributed by atoms with Crippen molar-refractivity contribution in [1.82, 2.24) is 14.9 Å². The first-order valence-electron chi connectivity index (χ1n) is 9.11. The molecule has 1 aromatic rings. The Hall–Kier alpha value is -1.54. The molecule has 2 N–H and O–H groups in total. The van der Waals surface area contributed by atoms with Gasteiger partial charge in [-0.1, -0.05) is 13.8 Å². The SMILES string of the molecule is CCS(=O)(=O)N(C)CCCNC(=O)N[C@H]1CC(C)(C)Cc2oc(C)cc21. The third-order valence-electron chi connectivity index (χ3n) is 4.82. The summed E-state index contributed by atoms with van der Waals surface area (Å²) in [5.41, 5.74) is 1.12. The molecule has 148 valence electrons. The molecule has 1 aliphatic carbocycles. The number of sulfonamides is 1. The molecule has 2 rings (SSSR count). The third kappa shape index (κ3) is 5.23. The van der Waals surface area contributed by atoms with Gasteiger partial charge in [0.2, 0.25) is 10.0 Å². The van der Waals surface area contributed by atoms with E-state index < -0.39 is 10.0 Å². The van der Waals surface area contributed by atoms with Gasteiger partial charge in [-0.3, -0.25) is 0 Å². The number of urea groups is 1. The van der Waals surface area contributed by atoms with E-state index in [1.807, 2.05) is 13.0 Å². The zero-order chi connectivity index (χ0) is 19.5. The number of carbonyl (C=O) groups is 1. The van der Waals surface area contributed by atoms with Gasteiger partial charge in [-0.25, -0.2) is 17.5 Å². The standard InChI is InChI=1S/C18H31N3O4S/c1-6-26(23,24)21(5)9-7-8-19-17(22)20-15-11-18(3,4)12-16-14(15)10-13(2)25-16/h10,15H,6-9,11-12H2,1-5H3,(H2,19,20,22)/t15-/m0/s1. The van der Waals surface area contributed by atoms with Crippen LogP contribution in [0.4, 0.5) is 4.79 Å². The lowest BCUT2D eigenvalue weighted by Gasteiger charge is -2.34. The summed E-state index contributed by atoms with van der Waals surface area (Å²) in [6, 6.07) is 1.69. The summed E-state index contributed by atoms with van der Waals surface area (Å²) >= 11 is 0. The van der Waals surface area contributed by atoms with Gasteiger partial charge in [0.05, 0.1) is 11.8 Å². The summed E-state index contributed by atoms with van der Waals surface area (Å²) in [6.07, 6.45) is 2.29. The van der Waals surface area contributed by atoms with Crippen molar-refractivity contribution in [2.75, 3.05) is 25.9 Å².